The Labute approximate surface area is 87.4 Å². The van der Waals surface area contributed by atoms with Gasteiger partial charge in [0.25, 0.3) is 0 Å². The third kappa shape index (κ3) is 4.94. The molecule has 0 bridgehead atoms. The van der Waals surface area contributed by atoms with Crippen molar-refractivity contribution in [3.05, 3.63) is 0 Å². The first kappa shape index (κ1) is 12.0. The Morgan fingerprint density at radius 3 is 2.50 bits per heavy atom. The van der Waals surface area contributed by atoms with Crippen LogP contribution in [0.25, 0.3) is 0 Å². The van der Waals surface area contributed by atoms with Gasteiger partial charge < -0.3 is 15.8 Å². The zero-order valence-electron chi connectivity index (χ0n) is 9.46. The van der Waals surface area contributed by atoms with Crippen LogP contribution in [0.1, 0.15) is 39.5 Å². The van der Waals surface area contributed by atoms with Crippen LogP contribution in [0.2, 0.25) is 0 Å². The number of hydrogen-bond donors (Lipinski definition) is 2. The second-order valence-electron chi connectivity index (χ2n) is 4.49. The molecule has 0 atom stereocenters. The first-order valence-electron chi connectivity index (χ1n) is 5.79. The van der Waals surface area contributed by atoms with Crippen LogP contribution in [0.4, 0.5) is 0 Å². The SMILES string of the molecule is CC(C)OCCNC1CCC(N)CC1. The molecule has 0 amide bonds. The van der Waals surface area contributed by atoms with Gasteiger partial charge in [-0.15, -0.1) is 0 Å². The lowest BCUT2D eigenvalue weighted by Crippen LogP contribution is -2.38. The predicted octanol–water partition coefficient (Wildman–Crippen LogP) is 1.27. The summed E-state index contributed by atoms with van der Waals surface area (Å²) >= 11 is 0. The second-order valence-corrected chi connectivity index (χ2v) is 4.49. The van der Waals surface area contributed by atoms with Crippen molar-refractivity contribution in [3.8, 4) is 0 Å². The maximum absolute atomic E-state index is 5.84. The minimum absolute atomic E-state index is 0.344. The quantitative estimate of drug-likeness (QED) is 0.657. The van der Waals surface area contributed by atoms with Crippen molar-refractivity contribution in [2.75, 3.05) is 13.2 Å². The van der Waals surface area contributed by atoms with E-state index in [1.807, 2.05) is 0 Å². The molecular formula is C11H24N2O. The van der Waals surface area contributed by atoms with E-state index in [4.69, 9.17) is 10.5 Å². The van der Waals surface area contributed by atoms with E-state index in [1.165, 1.54) is 25.7 Å². The molecule has 3 heteroatoms. The number of nitrogens with two attached hydrogens (primary N) is 1. The largest absolute Gasteiger partial charge is 0.377 e. The molecular weight excluding hydrogens is 176 g/mol. The van der Waals surface area contributed by atoms with Crippen LogP contribution in [0.15, 0.2) is 0 Å². The van der Waals surface area contributed by atoms with E-state index in [-0.39, 0.29) is 0 Å². The van der Waals surface area contributed by atoms with E-state index < -0.39 is 0 Å². The number of ether oxygens (including phenoxy) is 1. The van der Waals surface area contributed by atoms with E-state index in [0.29, 0.717) is 18.2 Å². The van der Waals surface area contributed by atoms with E-state index in [1.54, 1.807) is 0 Å². The summed E-state index contributed by atoms with van der Waals surface area (Å²) in [5.74, 6) is 0. The Morgan fingerprint density at radius 1 is 1.29 bits per heavy atom. The smallest absolute Gasteiger partial charge is 0.0594 e. The van der Waals surface area contributed by atoms with E-state index >= 15 is 0 Å². The van der Waals surface area contributed by atoms with Crippen LogP contribution in [-0.4, -0.2) is 31.3 Å². The van der Waals surface area contributed by atoms with Crippen molar-refractivity contribution in [3.63, 3.8) is 0 Å². The minimum atomic E-state index is 0.344. The van der Waals surface area contributed by atoms with Crippen molar-refractivity contribution in [1.29, 1.82) is 0 Å². The molecule has 0 unspecified atom stereocenters. The molecule has 0 heterocycles. The molecule has 0 saturated heterocycles. The van der Waals surface area contributed by atoms with Gasteiger partial charge in [0.1, 0.15) is 0 Å². The third-order valence-electron chi connectivity index (χ3n) is 2.76. The molecule has 0 aromatic rings. The van der Waals surface area contributed by atoms with Crippen LogP contribution in [0.5, 0.6) is 0 Å². The van der Waals surface area contributed by atoms with Crippen LogP contribution < -0.4 is 11.1 Å². The van der Waals surface area contributed by atoms with Gasteiger partial charge in [-0.3, -0.25) is 0 Å². The topological polar surface area (TPSA) is 47.3 Å². The van der Waals surface area contributed by atoms with Crippen LogP contribution >= 0.6 is 0 Å². The lowest BCUT2D eigenvalue weighted by molar-refractivity contribution is 0.0784. The molecule has 1 fully saturated rings. The van der Waals surface area contributed by atoms with E-state index in [2.05, 4.69) is 19.2 Å². The standard InChI is InChI=1S/C11H24N2O/c1-9(2)14-8-7-13-11-5-3-10(12)4-6-11/h9-11,13H,3-8,12H2,1-2H3. The molecule has 1 saturated carbocycles. The molecule has 84 valence electrons. The van der Waals surface area contributed by atoms with Crippen molar-refractivity contribution in [2.24, 2.45) is 5.73 Å². The summed E-state index contributed by atoms with van der Waals surface area (Å²) in [7, 11) is 0. The number of rotatable bonds is 5. The van der Waals surface area contributed by atoms with Crippen LogP contribution in [0.3, 0.4) is 0 Å². The molecule has 0 aliphatic heterocycles. The van der Waals surface area contributed by atoms with E-state index in [9.17, 15) is 0 Å². The first-order valence-corrected chi connectivity index (χ1v) is 5.79. The molecule has 1 aliphatic rings. The van der Waals surface area contributed by atoms with Gasteiger partial charge in [0.05, 0.1) is 12.7 Å². The highest BCUT2D eigenvalue weighted by molar-refractivity contribution is 4.78. The Balaban J connectivity index is 1.96. The van der Waals surface area contributed by atoms with Crippen LogP contribution in [0, 0.1) is 0 Å². The summed E-state index contributed by atoms with van der Waals surface area (Å²) in [4.78, 5) is 0. The predicted molar refractivity (Wildman–Crippen MR) is 59.3 cm³/mol. The molecule has 0 radical (unpaired) electrons. The summed E-state index contributed by atoms with van der Waals surface area (Å²) in [6, 6.07) is 1.12. The van der Waals surface area contributed by atoms with Crippen molar-refractivity contribution in [2.45, 2.75) is 57.7 Å². The Bertz CT molecular complexity index is 142. The normalized spacial score (nSPS) is 28.3. The lowest BCUT2D eigenvalue weighted by Gasteiger charge is -2.27. The van der Waals surface area contributed by atoms with Crippen molar-refractivity contribution < 1.29 is 4.74 Å². The fourth-order valence-electron chi connectivity index (χ4n) is 1.88. The molecule has 3 nitrogen and oxygen atoms in total. The fourth-order valence-corrected chi connectivity index (χ4v) is 1.88. The number of nitrogens with one attached hydrogen (secondary N) is 1. The zero-order valence-corrected chi connectivity index (χ0v) is 9.46. The molecule has 1 rings (SSSR count). The average Bonchev–Trinajstić information content (AvgIpc) is 2.15. The third-order valence-corrected chi connectivity index (χ3v) is 2.76. The van der Waals surface area contributed by atoms with Crippen molar-refractivity contribution >= 4 is 0 Å². The van der Waals surface area contributed by atoms with Crippen LogP contribution in [-0.2, 0) is 4.74 Å². The Morgan fingerprint density at radius 2 is 1.93 bits per heavy atom. The first-order chi connectivity index (χ1) is 6.68. The van der Waals surface area contributed by atoms with E-state index in [0.717, 1.165) is 13.2 Å². The molecule has 0 aromatic carbocycles. The molecule has 1 aliphatic carbocycles. The highest BCUT2D eigenvalue weighted by Gasteiger charge is 2.17. The van der Waals surface area contributed by atoms with Gasteiger partial charge in [-0.1, -0.05) is 0 Å². The average molecular weight is 200 g/mol. The molecule has 0 spiro atoms. The molecule has 3 N–H and O–H groups in total. The highest BCUT2D eigenvalue weighted by Crippen LogP contribution is 2.16. The summed E-state index contributed by atoms with van der Waals surface area (Å²) in [6.45, 7) is 5.93. The Kier molecular flexibility index (Phi) is 5.45. The van der Waals surface area contributed by atoms with Gasteiger partial charge in [-0.2, -0.15) is 0 Å². The lowest BCUT2D eigenvalue weighted by atomic mass is 9.92. The van der Waals surface area contributed by atoms with Gasteiger partial charge in [0, 0.05) is 18.6 Å². The van der Waals surface area contributed by atoms with Gasteiger partial charge in [0.15, 0.2) is 0 Å². The summed E-state index contributed by atoms with van der Waals surface area (Å²) < 4.78 is 5.47. The zero-order chi connectivity index (χ0) is 10.4. The highest BCUT2D eigenvalue weighted by atomic mass is 16.5. The number of hydrogen-bond acceptors (Lipinski definition) is 3. The van der Waals surface area contributed by atoms with Crippen molar-refractivity contribution in [1.82, 2.24) is 5.32 Å². The summed E-state index contributed by atoms with van der Waals surface area (Å²) in [5.41, 5.74) is 5.84. The van der Waals surface area contributed by atoms with Gasteiger partial charge >= 0.3 is 0 Å². The van der Waals surface area contributed by atoms with Gasteiger partial charge in [0.2, 0.25) is 0 Å². The summed E-state index contributed by atoms with van der Waals surface area (Å²) in [6.07, 6.45) is 5.13. The molecule has 14 heavy (non-hydrogen) atoms. The maximum atomic E-state index is 5.84. The second kappa shape index (κ2) is 6.38. The Hall–Kier alpha value is -0.120. The minimum Gasteiger partial charge on any atom is -0.377 e. The monoisotopic (exact) mass is 200 g/mol. The molecule has 0 aromatic heterocycles. The summed E-state index contributed by atoms with van der Waals surface area (Å²) in [5, 5.41) is 3.52. The van der Waals surface area contributed by atoms with Gasteiger partial charge in [-0.05, 0) is 39.5 Å². The maximum Gasteiger partial charge on any atom is 0.0594 e. The van der Waals surface area contributed by atoms with Gasteiger partial charge in [-0.25, -0.2) is 0 Å². The fraction of sp³-hybridized carbons (Fsp3) is 1.00.